The van der Waals surface area contributed by atoms with Gasteiger partial charge in [-0.3, -0.25) is 4.79 Å². The Kier molecular flexibility index (Phi) is 5.28. The summed E-state index contributed by atoms with van der Waals surface area (Å²) in [4.78, 5) is 11.8. The smallest absolute Gasteiger partial charge is 0.238 e. The predicted octanol–water partition coefficient (Wildman–Crippen LogP) is 0.594. The van der Waals surface area contributed by atoms with Gasteiger partial charge in [0.25, 0.3) is 0 Å². The monoisotopic (exact) mass is 289 g/mol. The molecule has 2 rings (SSSR count). The van der Waals surface area contributed by atoms with E-state index in [4.69, 9.17) is 4.74 Å². The van der Waals surface area contributed by atoms with Crippen LogP contribution in [-0.4, -0.2) is 40.9 Å². The molecule has 7 nitrogen and oxygen atoms in total. The average Bonchev–Trinajstić information content (AvgIpc) is 2.89. The lowest BCUT2D eigenvalue weighted by atomic mass is 10.3. The molecule has 1 aromatic carbocycles. The summed E-state index contributed by atoms with van der Waals surface area (Å²) in [6.45, 7) is 0.910. The molecule has 0 aliphatic rings. The summed E-state index contributed by atoms with van der Waals surface area (Å²) in [5.74, 6) is 1.50. The van der Waals surface area contributed by atoms with Crippen LogP contribution in [0.15, 0.2) is 30.6 Å². The van der Waals surface area contributed by atoms with Gasteiger partial charge in [-0.25, -0.2) is 0 Å². The van der Waals surface area contributed by atoms with Crippen LogP contribution in [0.5, 0.6) is 5.75 Å². The minimum Gasteiger partial charge on any atom is -0.497 e. The summed E-state index contributed by atoms with van der Waals surface area (Å²) in [5.41, 5.74) is 0.717. The van der Waals surface area contributed by atoms with E-state index in [-0.39, 0.29) is 12.5 Å². The first-order valence-corrected chi connectivity index (χ1v) is 6.66. The average molecular weight is 289 g/mol. The quantitative estimate of drug-likeness (QED) is 0.729. The van der Waals surface area contributed by atoms with E-state index >= 15 is 0 Å². The second-order valence-corrected chi connectivity index (χ2v) is 4.56. The molecule has 0 aliphatic carbocycles. The van der Waals surface area contributed by atoms with Crippen molar-refractivity contribution >= 4 is 11.6 Å². The van der Waals surface area contributed by atoms with Gasteiger partial charge in [0.05, 0.1) is 13.7 Å². The molecule has 1 heterocycles. The topological polar surface area (TPSA) is 81.1 Å². The van der Waals surface area contributed by atoms with Crippen LogP contribution in [0, 0.1) is 0 Å². The van der Waals surface area contributed by atoms with E-state index < -0.39 is 0 Å². The van der Waals surface area contributed by atoms with E-state index in [0.29, 0.717) is 12.3 Å². The van der Waals surface area contributed by atoms with Gasteiger partial charge in [0.2, 0.25) is 5.91 Å². The number of carbonyl (C=O) groups is 1. The van der Waals surface area contributed by atoms with Crippen LogP contribution in [0.2, 0.25) is 0 Å². The number of carbonyl (C=O) groups excluding carboxylic acids is 1. The van der Waals surface area contributed by atoms with Gasteiger partial charge in [0.1, 0.15) is 17.9 Å². The number of hydrogen-bond donors (Lipinski definition) is 2. The minimum absolute atomic E-state index is 0.0961. The standard InChI is InChI=1S/C14H19N5O2/c1-19-10-16-18-13(19)6-7-15-9-14(20)17-11-4-3-5-12(8-11)21-2/h3-5,8,10,15H,6-7,9H2,1-2H3,(H,17,20). The molecule has 0 aliphatic heterocycles. The number of benzene rings is 1. The highest BCUT2D eigenvalue weighted by Crippen LogP contribution is 2.16. The second-order valence-electron chi connectivity index (χ2n) is 4.56. The van der Waals surface area contributed by atoms with Crippen molar-refractivity contribution in [2.45, 2.75) is 6.42 Å². The van der Waals surface area contributed by atoms with Gasteiger partial charge < -0.3 is 19.9 Å². The van der Waals surface area contributed by atoms with Crippen LogP contribution in [0.3, 0.4) is 0 Å². The highest BCUT2D eigenvalue weighted by molar-refractivity contribution is 5.92. The van der Waals surface area contributed by atoms with Gasteiger partial charge >= 0.3 is 0 Å². The molecule has 112 valence electrons. The Morgan fingerprint density at radius 2 is 2.29 bits per heavy atom. The number of rotatable bonds is 7. The van der Waals surface area contributed by atoms with E-state index in [2.05, 4.69) is 20.8 Å². The van der Waals surface area contributed by atoms with Crippen molar-refractivity contribution in [3.8, 4) is 5.75 Å². The molecule has 2 aromatic rings. The molecule has 1 aromatic heterocycles. The first-order valence-electron chi connectivity index (χ1n) is 6.66. The zero-order chi connectivity index (χ0) is 15.1. The van der Waals surface area contributed by atoms with Gasteiger partial charge in [-0.15, -0.1) is 10.2 Å². The third-order valence-electron chi connectivity index (χ3n) is 2.97. The lowest BCUT2D eigenvalue weighted by Gasteiger charge is -2.08. The fourth-order valence-electron chi connectivity index (χ4n) is 1.84. The van der Waals surface area contributed by atoms with E-state index in [0.717, 1.165) is 17.9 Å². The van der Waals surface area contributed by atoms with Gasteiger partial charge in [-0.1, -0.05) is 6.07 Å². The molecule has 21 heavy (non-hydrogen) atoms. The van der Waals surface area contributed by atoms with Gasteiger partial charge in [0, 0.05) is 31.8 Å². The fraction of sp³-hybridized carbons (Fsp3) is 0.357. The normalized spacial score (nSPS) is 10.4. The van der Waals surface area contributed by atoms with Crippen molar-refractivity contribution in [2.75, 3.05) is 25.5 Å². The van der Waals surface area contributed by atoms with Crippen LogP contribution in [-0.2, 0) is 18.3 Å². The number of methoxy groups -OCH3 is 1. The first-order chi connectivity index (χ1) is 10.2. The number of ether oxygens (including phenoxy) is 1. The van der Waals surface area contributed by atoms with Crippen LogP contribution in [0.4, 0.5) is 5.69 Å². The summed E-state index contributed by atoms with van der Waals surface area (Å²) in [5, 5.41) is 13.7. The molecule has 0 spiro atoms. The van der Waals surface area contributed by atoms with Crippen LogP contribution >= 0.6 is 0 Å². The van der Waals surface area contributed by atoms with Crippen molar-refractivity contribution in [1.29, 1.82) is 0 Å². The molecule has 7 heteroatoms. The van der Waals surface area contributed by atoms with Crippen molar-refractivity contribution < 1.29 is 9.53 Å². The van der Waals surface area contributed by atoms with E-state index in [1.54, 1.807) is 19.5 Å². The Morgan fingerprint density at radius 1 is 1.43 bits per heavy atom. The Hall–Kier alpha value is -2.41. The Bertz CT molecular complexity index is 597. The summed E-state index contributed by atoms with van der Waals surface area (Å²) in [6, 6.07) is 7.25. The molecule has 0 bridgehead atoms. The molecule has 0 unspecified atom stereocenters. The molecular formula is C14H19N5O2. The largest absolute Gasteiger partial charge is 0.497 e. The highest BCUT2D eigenvalue weighted by Gasteiger charge is 2.04. The number of hydrogen-bond acceptors (Lipinski definition) is 5. The molecule has 0 radical (unpaired) electrons. The molecule has 2 N–H and O–H groups in total. The second kappa shape index (κ2) is 7.39. The number of nitrogens with one attached hydrogen (secondary N) is 2. The van der Waals surface area contributed by atoms with Crippen molar-refractivity contribution in [3.05, 3.63) is 36.4 Å². The third-order valence-corrected chi connectivity index (χ3v) is 2.97. The Labute approximate surface area is 123 Å². The number of anilines is 1. The number of nitrogens with zero attached hydrogens (tertiary/aromatic N) is 3. The molecule has 0 atom stereocenters. The van der Waals surface area contributed by atoms with Gasteiger partial charge in [-0.05, 0) is 12.1 Å². The van der Waals surface area contributed by atoms with Crippen molar-refractivity contribution in [1.82, 2.24) is 20.1 Å². The lowest BCUT2D eigenvalue weighted by Crippen LogP contribution is -2.29. The summed E-state index contributed by atoms with van der Waals surface area (Å²) < 4.78 is 6.96. The van der Waals surface area contributed by atoms with Crippen molar-refractivity contribution in [2.24, 2.45) is 7.05 Å². The molecule has 1 amide bonds. The van der Waals surface area contributed by atoms with Gasteiger partial charge in [-0.2, -0.15) is 0 Å². The first kappa shape index (κ1) is 15.0. The lowest BCUT2D eigenvalue weighted by molar-refractivity contribution is -0.115. The molecule has 0 fully saturated rings. The van der Waals surface area contributed by atoms with Crippen molar-refractivity contribution in [3.63, 3.8) is 0 Å². The van der Waals surface area contributed by atoms with Gasteiger partial charge in [0.15, 0.2) is 0 Å². The SMILES string of the molecule is COc1cccc(NC(=O)CNCCc2nncn2C)c1. The number of aryl methyl sites for hydroxylation is 1. The zero-order valence-corrected chi connectivity index (χ0v) is 12.2. The number of aromatic nitrogens is 3. The van der Waals surface area contributed by atoms with Crippen LogP contribution in [0.1, 0.15) is 5.82 Å². The third kappa shape index (κ3) is 4.57. The molecule has 0 saturated heterocycles. The molecule has 0 saturated carbocycles. The summed E-state index contributed by atoms with van der Waals surface area (Å²) >= 11 is 0. The maximum atomic E-state index is 11.8. The maximum Gasteiger partial charge on any atom is 0.238 e. The zero-order valence-electron chi connectivity index (χ0n) is 12.2. The Balaban J connectivity index is 1.71. The maximum absolute atomic E-state index is 11.8. The minimum atomic E-state index is -0.0961. The summed E-state index contributed by atoms with van der Waals surface area (Å²) in [6.07, 6.45) is 2.38. The highest BCUT2D eigenvalue weighted by atomic mass is 16.5. The van der Waals surface area contributed by atoms with Crippen LogP contribution in [0.25, 0.3) is 0 Å². The van der Waals surface area contributed by atoms with E-state index in [1.807, 2.05) is 29.8 Å². The predicted molar refractivity (Wildman–Crippen MR) is 79.2 cm³/mol. The summed E-state index contributed by atoms with van der Waals surface area (Å²) in [7, 11) is 3.49. The van der Waals surface area contributed by atoms with E-state index in [9.17, 15) is 4.79 Å². The van der Waals surface area contributed by atoms with E-state index in [1.165, 1.54) is 0 Å². The fourth-order valence-corrected chi connectivity index (χ4v) is 1.84. The Morgan fingerprint density at radius 3 is 3.00 bits per heavy atom. The van der Waals surface area contributed by atoms with Crippen LogP contribution < -0.4 is 15.4 Å². The number of amides is 1. The molecular weight excluding hydrogens is 270 g/mol.